The Morgan fingerprint density at radius 2 is 1.50 bits per heavy atom. The molecule has 0 aliphatic heterocycles. The second-order valence-electron chi connectivity index (χ2n) is 6.61. The number of aryl methyl sites for hydroxylation is 2. The molecule has 3 aromatic carbocycles. The van der Waals surface area contributed by atoms with Gasteiger partial charge in [-0.25, -0.2) is 0 Å². The maximum Gasteiger partial charge on any atom is 0.250 e. The van der Waals surface area contributed by atoms with Crippen molar-refractivity contribution < 1.29 is 0 Å². The molecule has 0 amide bonds. The van der Waals surface area contributed by atoms with Gasteiger partial charge in [0, 0.05) is 5.69 Å². The van der Waals surface area contributed by atoms with Crippen LogP contribution < -0.4 is 16.2 Å². The van der Waals surface area contributed by atoms with Crippen LogP contribution in [0.4, 0.5) is 11.4 Å². The van der Waals surface area contributed by atoms with Crippen LogP contribution in [0.2, 0.25) is 0 Å². The highest BCUT2D eigenvalue weighted by atomic mass is 16.2. The van der Waals surface area contributed by atoms with Crippen LogP contribution in [0.3, 0.4) is 0 Å². The predicted octanol–water partition coefficient (Wildman–Crippen LogP) is 4.43. The van der Waals surface area contributed by atoms with Crippen molar-refractivity contribution in [1.29, 1.82) is 0 Å². The monoisotopic (exact) mass is 319 g/mol. The summed E-state index contributed by atoms with van der Waals surface area (Å²) in [6.07, 6.45) is 0. The lowest BCUT2D eigenvalue weighted by Gasteiger charge is -2.15. The molecule has 1 N–H and O–H groups in total. The lowest BCUT2D eigenvalue weighted by atomic mass is 9.95. The van der Waals surface area contributed by atoms with Crippen LogP contribution in [-0.4, -0.2) is 0 Å². The minimum absolute atomic E-state index is 0.389. The van der Waals surface area contributed by atoms with E-state index in [1.807, 2.05) is 56.3 Å². The van der Waals surface area contributed by atoms with Crippen LogP contribution >= 0.6 is 0 Å². The Hall–Kier alpha value is -2.68. The molecular formula is C21H21NO2. The molecule has 3 rings (SSSR count). The Balaban J connectivity index is 1.96. The van der Waals surface area contributed by atoms with Crippen LogP contribution in [0, 0.1) is 13.8 Å². The van der Waals surface area contributed by atoms with Crippen molar-refractivity contribution in [2.75, 3.05) is 5.32 Å². The van der Waals surface area contributed by atoms with Crippen molar-refractivity contribution in [2.45, 2.75) is 33.6 Å². The maximum absolute atomic E-state index is 12.1. The molecule has 0 fully saturated rings. The summed E-state index contributed by atoms with van der Waals surface area (Å²) in [7, 11) is 0. The first kappa shape index (κ1) is 16.2. The zero-order valence-corrected chi connectivity index (χ0v) is 14.4. The van der Waals surface area contributed by atoms with Crippen LogP contribution in [0.25, 0.3) is 11.1 Å². The Morgan fingerprint density at radius 1 is 0.833 bits per heavy atom. The first-order chi connectivity index (χ1) is 11.4. The average molecular weight is 319 g/mol. The van der Waals surface area contributed by atoms with Gasteiger partial charge in [0.1, 0.15) is 5.69 Å². The molecular weight excluding hydrogens is 298 g/mol. The fourth-order valence-corrected chi connectivity index (χ4v) is 2.78. The molecule has 0 aliphatic carbocycles. The third-order valence-electron chi connectivity index (χ3n) is 4.55. The molecule has 0 aliphatic rings. The molecule has 0 bridgehead atoms. The molecule has 3 aromatic rings. The standard InChI is InChI=1S/C21H21NO2/c1-12(2)15-6-8-16(9-7-15)18-19(21(24)20(18)23)22-17-10-5-13(3)14(4)11-17/h5-12,22H,1-4H3. The van der Waals surface area contributed by atoms with Gasteiger partial charge in [0.05, 0.1) is 5.56 Å². The molecule has 122 valence electrons. The minimum Gasteiger partial charge on any atom is -0.352 e. The number of rotatable bonds is 4. The summed E-state index contributed by atoms with van der Waals surface area (Å²) in [4.78, 5) is 24.1. The summed E-state index contributed by atoms with van der Waals surface area (Å²) >= 11 is 0. The highest BCUT2D eigenvalue weighted by molar-refractivity contribution is 5.84. The largest absolute Gasteiger partial charge is 0.352 e. The summed E-state index contributed by atoms with van der Waals surface area (Å²) in [5, 5.41) is 3.12. The van der Waals surface area contributed by atoms with E-state index in [0.717, 1.165) is 16.8 Å². The minimum atomic E-state index is -0.448. The molecule has 0 saturated carbocycles. The third kappa shape index (κ3) is 2.78. The fraction of sp³-hybridized carbons (Fsp3) is 0.238. The van der Waals surface area contributed by atoms with Crippen molar-refractivity contribution in [1.82, 2.24) is 0 Å². The molecule has 0 radical (unpaired) electrons. The smallest absolute Gasteiger partial charge is 0.250 e. The zero-order chi connectivity index (χ0) is 17.4. The van der Waals surface area contributed by atoms with E-state index in [1.54, 1.807) is 0 Å². The molecule has 0 atom stereocenters. The first-order valence-corrected chi connectivity index (χ1v) is 8.16. The normalized spacial score (nSPS) is 11.2. The van der Waals surface area contributed by atoms with E-state index in [2.05, 4.69) is 19.2 Å². The van der Waals surface area contributed by atoms with Crippen LogP contribution in [0.15, 0.2) is 52.1 Å². The van der Waals surface area contributed by atoms with Crippen LogP contribution in [-0.2, 0) is 0 Å². The Kier molecular flexibility index (Phi) is 4.10. The lowest BCUT2D eigenvalue weighted by Crippen LogP contribution is -2.35. The van der Waals surface area contributed by atoms with E-state index < -0.39 is 10.9 Å². The van der Waals surface area contributed by atoms with E-state index in [1.165, 1.54) is 11.1 Å². The van der Waals surface area contributed by atoms with Gasteiger partial charge >= 0.3 is 0 Å². The molecule has 0 heterocycles. The number of hydrogen-bond acceptors (Lipinski definition) is 3. The van der Waals surface area contributed by atoms with Gasteiger partial charge in [0.2, 0.25) is 5.43 Å². The van der Waals surface area contributed by atoms with Gasteiger partial charge in [0.25, 0.3) is 5.43 Å². The van der Waals surface area contributed by atoms with Gasteiger partial charge in [-0.2, -0.15) is 0 Å². The highest BCUT2D eigenvalue weighted by Gasteiger charge is 2.22. The van der Waals surface area contributed by atoms with E-state index in [4.69, 9.17) is 0 Å². The first-order valence-electron chi connectivity index (χ1n) is 8.16. The van der Waals surface area contributed by atoms with Gasteiger partial charge < -0.3 is 5.32 Å². The second kappa shape index (κ2) is 6.08. The van der Waals surface area contributed by atoms with Crippen LogP contribution in [0.5, 0.6) is 0 Å². The third-order valence-corrected chi connectivity index (χ3v) is 4.55. The number of anilines is 2. The van der Waals surface area contributed by atoms with E-state index >= 15 is 0 Å². The summed E-state index contributed by atoms with van der Waals surface area (Å²) in [6, 6.07) is 13.8. The lowest BCUT2D eigenvalue weighted by molar-refractivity contribution is 0.867. The predicted molar refractivity (Wildman–Crippen MR) is 100 cm³/mol. The van der Waals surface area contributed by atoms with Gasteiger partial charge in [-0.15, -0.1) is 0 Å². The van der Waals surface area contributed by atoms with Gasteiger partial charge in [-0.1, -0.05) is 44.2 Å². The Bertz CT molecular complexity index is 959. The number of nitrogens with one attached hydrogen (secondary N) is 1. The molecule has 3 heteroatoms. The summed E-state index contributed by atoms with van der Waals surface area (Å²) in [6.45, 7) is 8.31. The van der Waals surface area contributed by atoms with Crippen LogP contribution in [0.1, 0.15) is 36.5 Å². The van der Waals surface area contributed by atoms with Gasteiger partial charge in [-0.05, 0) is 54.2 Å². The molecule has 0 saturated heterocycles. The van der Waals surface area contributed by atoms with Gasteiger partial charge in [0.15, 0.2) is 0 Å². The number of benzene rings is 2. The van der Waals surface area contributed by atoms with Crippen molar-refractivity contribution >= 4 is 11.4 Å². The summed E-state index contributed by atoms with van der Waals surface area (Å²) < 4.78 is 0. The molecule has 24 heavy (non-hydrogen) atoms. The molecule has 0 spiro atoms. The van der Waals surface area contributed by atoms with Crippen molar-refractivity contribution in [3.63, 3.8) is 0 Å². The highest BCUT2D eigenvalue weighted by Crippen LogP contribution is 2.28. The van der Waals surface area contributed by atoms with Crippen molar-refractivity contribution in [2.24, 2.45) is 0 Å². The van der Waals surface area contributed by atoms with E-state index in [-0.39, 0.29) is 0 Å². The average Bonchev–Trinajstić information content (AvgIpc) is 2.57. The topological polar surface area (TPSA) is 46.2 Å². The molecule has 0 unspecified atom stereocenters. The van der Waals surface area contributed by atoms with E-state index in [9.17, 15) is 9.59 Å². The summed E-state index contributed by atoms with van der Waals surface area (Å²) in [5.41, 5.74) is 5.15. The van der Waals surface area contributed by atoms with Crippen molar-refractivity contribution in [3.8, 4) is 11.1 Å². The van der Waals surface area contributed by atoms with Gasteiger partial charge in [-0.3, -0.25) is 9.59 Å². The maximum atomic E-state index is 12.1. The number of hydrogen-bond donors (Lipinski definition) is 1. The Labute approximate surface area is 141 Å². The fourth-order valence-electron chi connectivity index (χ4n) is 2.78. The quantitative estimate of drug-likeness (QED) is 0.723. The summed E-state index contributed by atoms with van der Waals surface area (Å²) in [5.74, 6) is 0.430. The molecule has 0 aromatic heterocycles. The van der Waals surface area contributed by atoms with Crippen molar-refractivity contribution in [3.05, 3.63) is 79.6 Å². The SMILES string of the molecule is Cc1ccc(Nc2c(-c3ccc(C(C)C)cc3)c(=O)c2=O)cc1C. The van der Waals surface area contributed by atoms with E-state index in [0.29, 0.717) is 17.2 Å². The second-order valence-corrected chi connectivity index (χ2v) is 6.61. The zero-order valence-electron chi connectivity index (χ0n) is 14.4. The Morgan fingerprint density at radius 3 is 2.08 bits per heavy atom. The molecule has 3 nitrogen and oxygen atoms in total.